The molecule has 0 spiro atoms. The smallest absolute Gasteiger partial charge is 0.214 e. The van der Waals surface area contributed by atoms with Gasteiger partial charge in [0.1, 0.15) is 18.0 Å². The van der Waals surface area contributed by atoms with E-state index in [4.69, 9.17) is 15.9 Å². The fraction of sp³-hybridized carbons (Fsp3) is 0.318. The zero-order valence-corrected chi connectivity index (χ0v) is 17.7. The molecule has 0 amide bonds. The molecule has 1 saturated heterocycles. The molecule has 4 rings (SSSR count). The molecule has 9 heteroatoms. The van der Waals surface area contributed by atoms with E-state index in [1.54, 1.807) is 24.8 Å². The van der Waals surface area contributed by atoms with E-state index in [2.05, 4.69) is 29.7 Å². The Hall–Kier alpha value is -3.75. The first kappa shape index (κ1) is 20.5. The van der Waals surface area contributed by atoms with Crippen molar-refractivity contribution in [1.82, 2.24) is 19.9 Å². The summed E-state index contributed by atoms with van der Waals surface area (Å²) in [5.74, 6) is 2.24. The number of anilines is 3. The predicted molar refractivity (Wildman–Crippen MR) is 121 cm³/mol. The average Bonchev–Trinajstić information content (AvgIpc) is 2.80. The Morgan fingerprint density at radius 1 is 1.00 bits per heavy atom. The second-order valence-electron chi connectivity index (χ2n) is 7.60. The van der Waals surface area contributed by atoms with Crippen LogP contribution in [0.15, 0.2) is 49.2 Å². The lowest BCUT2D eigenvalue weighted by Gasteiger charge is -2.36. The largest absolute Gasteiger partial charge is 0.475 e. The van der Waals surface area contributed by atoms with E-state index in [0.29, 0.717) is 22.8 Å². The highest BCUT2D eigenvalue weighted by molar-refractivity contribution is 6.14. The average molecular weight is 419 g/mol. The van der Waals surface area contributed by atoms with Crippen molar-refractivity contribution in [3.05, 3.63) is 60.3 Å². The van der Waals surface area contributed by atoms with E-state index in [1.165, 1.54) is 6.20 Å². The van der Waals surface area contributed by atoms with Crippen molar-refractivity contribution in [3.8, 4) is 5.88 Å². The summed E-state index contributed by atoms with van der Waals surface area (Å²) in [6.45, 7) is 7.18. The Bertz CT molecular complexity index is 1050. The van der Waals surface area contributed by atoms with Gasteiger partial charge in [-0.25, -0.2) is 19.9 Å². The van der Waals surface area contributed by atoms with Crippen molar-refractivity contribution in [3.63, 3.8) is 0 Å². The minimum atomic E-state index is -0.00768. The molecule has 1 aliphatic heterocycles. The van der Waals surface area contributed by atoms with E-state index >= 15 is 0 Å². The highest BCUT2D eigenvalue weighted by Gasteiger charge is 2.20. The van der Waals surface area contributed by atoms with Crippen LogP contribution in [0.5, 0.6) is 5.88 Å². The number of aromatic nitrogens is 4. The van der Waals surface area contributed by atoms with Crippen LogP contribution in [0.2, 0.25) is 0 Å². The van der Waals surface area contributed by atoms with Crippen molar-refractivity contribution >= 4 is 23.0 Å². The molecule has 3 N–H and O–H groups in total. The van der Waals surface area contributed by atoms with Gasteiger partial charge in [-0.1, -0.05) is 0 Å². The lowest BCUT2D eigenvalue weighted by Crippen LogP contribution is -2.47. The molecule has 0 atom stereocenters. The minimum Gasteiger partial charge on any atom is -0.475 e. The van der Waals surface area contributed by atoms with Crippen LogP contribution < -0.4 is 20.3 Å². The number of nitrogens with one attached hydrogen (secondary N) is 1. The Kier molecular flexibility index (Phi) is 5.92. The van der Waals surface area contributed by atoms with E-state index in [1.807, 2.05) is 32.0 Å². The van der Waals surface area contributed by atoms with Gasteiger partial charge >= 0.3 is 0 Å². The maximum absolute atomic E-state index is 8.71. The van der Waals surface area contributed by atoms with Gasteiger partial charge in [0.05, 0.1) is 23.7 Å². The first-order valence-electron chi connectivity index (χ1n) is 10.2. The zero-order valence-electron chi connectivity index (χ0n) is 17.7. The highest BCUT2D eigenvalue weighted by atomic mass is 16.5. The summed E-state index contributed by atoms with van der Waals surface area (Å²) in [4.78, 5) is 21.5. The quantitative estimate of drug-likeness (QED) is 0.586. The van der Waals surface area contributed by atoms with Gasteiger partial charge in [-0.05, 0) is 32.0 Å². The van der Waals surface area contributed by atoms with Crippen molar-refractivity contribution in [2.75, 3.05) is 41.7 Å². The maximum Gasteiger partial charge on any atom is 0.214 e. The minimum absolute atomic E-state index is 0.00768. The van der Waals surface area contributed by atoms with Gasteiger partial charge in [0.15, 0.2) is 0 Å². The van der Waals surface area contributed by atoms with Gasteiger partial charge in [0.25, 0.3) is 0 Å². The fourth-order valence-corrected chi connectivity index (χ4v) is 3.51. The van der Waals surface area contributed by atoms with Gasteiger partial charge in [-0.3, -0.25) is 5.41 Å². The van der Waals surface area contributed by atoms with Crippen LogP contribution in [-0.2, 0) is 0 Å². The van der Waals surface area contributed by atoms with E-state index < -0.39 is 0 Å². The molecule has 0 saturated carbocycles. The van der Waals surface area contributed by atoms with E-state index in [0.717, 1.165) is 43.4 Å². The van der Waals surface area contributed by atoms with Crippen molar-refractivity contribution < 1.29 is 4.74 Å². The molecule has 31 heavy (non-hydrogen) atoms. The van der Waals surface area contributed by atoms with Crippen LogP contribution in [0.1, 0.15) is 25.0 Å². The Balaban J connectivity index is 1.49. The summed E-state index contributed by atoms with van der Waals surface area (Å²) >= 11 is 0. The SMILES string of the molecule is CC(C)Oc1cc(C(=N)c2ccnc(N3CCN(c4ccncn4)CC3)c2)c(N)cn1. The standard InChI is InChI=1S/C22H26N8O/c1-15(2)31-21-12-17(18(23)13-27-21)22(24)16-3-6-26-20(11-16)30-9-7-29(8-10-30)19-4-5-25-14-28-19/h3-6,11-15,24H,7-10,23H2,1-2H3. The molecule has 0 aromatic carbocycles. The van der Waals surface area contributed by atoms with Gasteiger partial charge in [0.2, 0.25) is 5.88 Å². The molecule has 4 heterocycles. The molecule has 9 nitrogen and oxygen atoms in total. The Morgan fingerprint density at radius 2 is 1.74 bits per heavy atom. The highest BCUT2D eigenvalue weighted by Crippen LogP contribution is 2.23. The van der Waals surface area contributed by atoms with Crippen molar-refractivity contribution in [1.29, 1.82) is 5.41 Å². The molecule has 160 valence electrons. The van der Waals surface area contributed by atoms with Gasteiger partial charge in [-0.15, -0.1) is 0 Å². The first-order chi connectivity index (χ1) is 15.0. The second kappa shape index (κ2) is 8.95. The van der Waals surface area contributed by atoms with Gasteiger partial charge in [-0.2, -0.15) is 0 Å². The zero-order chi connectivity index (χ0) is 21.8. The summed E-state index contributed by atoms with van der Waals surface area (Å²) in [6.07, 6.45) is 6.59. The summed E-state index contributed by atoms with van der Waals surface area (Å²) in [6, 6.07) is 7.40. The molecule has 0 aliphatic carbocycles. The Labute approximate surface area is 181 Å². The van der Waals surface area contributed by atoms with Gasteiger partial charge < -0.3 is 20.3 Å². The lowest BCUT2D eigenvalue weighted by molar-refractivity contribution is 0.232. The molecule has 1 aliphatic rings. The molecule has 3 aromatic heterocycles. The number of hydrogen-bond donors (Lipinski definition) is 2. The number of rotatable bonds is 6. The van der Waals surface area contributed by atoms with E-state index in [-0.39, 0.29) is 6.10 Å². The third-order valence-corrected chi connectivity index (χ3v) is 5.06. The normalized spacial score (nSPS) is 14.0. The predicted octanol–water partition coefficient (Wildman–Crippen LogP) is 2.38. The number of pyridine rings is 2. The van der Waals surface area contributed by atoms with Crippen LogP contribution in [-0.4, -0.2) is 57.9 Å². The molecule has 0 bridgehead atoms. The third-order valence-electron chi connectivity index (χ3n) is 5.06. The molecule has 1 fully saturated rings. The molecular formula is C22H26N8O. The number of nitrogens with two attached hydrogens (primary N) is 1. The monoisotopic (exact) mass is 418 g/mol. The topological polar surface area (TPSA) is 117 Å². The van der Waals surface area contributed by atoms with Gasteiger partial charge in [0, 0.05) is 55.8 Å². The van der Waals surface area contributed by atoms with Crippen molar-refractivity contribution in [2.45, 2.75) is 20.0 Å². The molecule has 3 aromatic rings. The molecule has 0 radical (unpaired) electrons. The summed E-state index contributed by atoms with van der Waals surface area (Å²) < 4.78 is 5.66. The number of nitrogens with zero attached hydrogens (tertiary/aromatic N) is 6. The lowest BCUT2D eigenvalue weighted by atomic mass is 10.0. The van der Waals surface area contributed by atoms with Crippen LogP contribution in [0.3, 0.4) is 0 Å². The van der Waals surface area contributed by atoms with E-state index in [9.17, 15) is 0 Å². The Morgan fingerprint density at radius 3 is 2.42 bits per heavy atom. The van der Waals surface area contributed by atoms with Crippen LogP contribution in [0, 0.1) is 5.41 Å². The van der Waals surface area contributed by atoms with Crippen LogP contribution in [0.25, 0.3) is 0 Å². The summed E-state index contributed by atoms with van der Waals surface area (Å²) in [7, 11) is 0. The number of ether oxygens (including phenoxy) is 1. The molecule has 0 unspecified atom stereocenters. The first-order valence-corrected chi connectivity index (χ1v) is 10.2. The summed E-state index contributed by atoms with van der Waals surface area (Å²) in [5, 5.41) is 8.71. The second-order valence-corrected chi connectivity index (χ2v) is 7.60. The maximum atomic E-state index is 8.71. The van der Waals surface area contributed by atoms with Crippen molar-refractivity contribution in [2.24, 2.45) is 0 Å². The summed E-state index contributed by atoms with van der Waals surface area (Å²) in [5.41, 5.74) is 8.21. The number of hydrogen-bond acceptors (Lipinski definition) is 9. The van der Waals surface area contributed by atoms with Crippen LogP contribution in [0.4, 0.5) is 17.3 Å². The number of nitrogen functional groups attached to an aromatic ring is 1. The van der Waals surface area contributed by atoms with Crippen LogP contribution >= 0.6 is 0 Å². The third kappa shape index (κ3) is 4.71. The fourth-order valence-electron chi connectivity index (χ4n) is 3.51. The number of piperazine rings is 1. The molecular weight excluding hydrogens is 392 g/mol.